The first-order valence-electron chi connectivity index (χ1n) is 7.35. The van der Waals surface area contributed by atoms with Gasteiger partial charge in [-0.15, -0.1) is 0 Å². The second-order valence-electron chi connectivity index (χ2n) is 4.81. The van der Waals surface area contributed by atoms with Crippen molar-refractivity contribution in [1.82, 2.24) is 5.43 Å². The van der Waals surface area contributed by atoms with Gasteiger partial charge in [-0.25, -0.2) is 5.43 Å². The van der Waals surface area contributed by atoms with Gasteiger partial charge in [-0.2, -0.15) is 5.10 Å². The molecule has 0 radical (unpaired) electrons. The van der Waals surface area contributed by atoms with Gasteiger partial charge in [0, 0.05) is 16.3 Å². The van der Waals surface area contributed by atoms with Gasteiger partial charge in [-0.1, -0.05) is 11.6 Å². The van der Waals surface area contributed by atoms with Gasteiger partial charge in [0.05, 0.1) is 19.4 Å². The summed E-state index contributed by atoms with van der Waals surface area (Å²) in [5.41, 5.74) is 3.58. The molecule has 24 heavy (non-hydrogen) atoms. The van der Waals surface area contributed by atoms with Crippen LogP contribution in [0, 0.1) is 0 Å². The molecule has 0 aliphatic rings. The largest absolute Gasteiger partial charge is 0.507 e. The lowest BCUT2D eigenvalue weighted by atomic mass is 10.2. The number of anilines is 1. The number of rotatable bonds is 7. The van der Waals surface area contributed by atoms with Gasteiger partial charge in [0.2, 0.25) is 0 Å². The van der Waals surface area contributed by atoms with Crippen LogP contribution in [0.2, 0.25) is 5.02 Å². The Hall–Kier alpha value is -2.73. The Morgan fingerprint density at radius 2 is 2.04 bits per heavy atom. The minimum Gasteiger partial charge on any atom is -0.507 e. The lowest BCUT2D eigenvalue weighted by Crippen LogP contribution is -2.25. The quantitative estimate of drug-likeness (QED) is 0.531. The number of carbonyl (C=O) groups excluding carboxylic acids is 1. The lowest BCUT2D eigenvalue weighted by Gasteiger charge is -2.07. The number of hydrogen-bond acceptors (Lipinski definition) is 5. The van der Waals surface area contributed by atoms with Crippen molar-refractivity contribution in [1.29, 1.82) is 0 Å². The number of ether oxygens (including phenoxy) is 1. The van der Waals surface area contributed by atoms with Gasteiger partial charge in [0.15, 0.2) is 0 Å². The number of amides is 1. The van der Waals surface area contributed by atoms with Crippen LogP contribution in [0.15, 0.2) is 47.6 Å². The summed E-state index contributed by atoms with van der Waals surface area (Å²) < 4.78 is 5.34. The molecule has 0 aromatic heterocycles. The molecule has 0 aliphatic heterocycles. The smallest absolute Gasteiger partial charge is 0.259 e. The summed E-state index contributed by atoms with van der Waals surface area (Å²) in [5.74, 6) is 0.491. The number of phenols is 1. The highest BCUT2D eigenvalue weighted by molar-refractivity contribution is 6.30. The van der Waals surface area contributed by atoms with Crippen LogP contribution >= 0.6 is 11.6 Å². The maximum Gasteiger partial charge on any atom is 0.259 e. The minimum absolute atomic E-state index is 0.0323. The molecule has 3 N–H and O–H groups in total. The SMILES string of the molecule is CCOc1ccc(NCC(=O)N/N=C\c2cc(Cl)ccc2O)cc1. The zero-order valence-corrected chi connectivity index (χ0v) is 13.9. The zero-order valence-electron chi connectivity index (χ0n) is 13.1. The normalized spacial score (nSPS) is 10.6. The van der Waals surface area contributed by atoms with E-state index < -0.39 is 0 Å². The van der Waals surface area contributed by atoms with Crippen molar-refractivity contribution >= 4 is 29.4 Å². The van der Waals surface area contributed by atoms with E-state index in [1.165, 1.54) is 12.3 Å². The first-order valence-corrected chi connectivity index (χ1v) is 7.73. The van der Waals surface area contributed by atoms with Crippen molar-refractivity contribution in [3.05, 3.63) is 53.1 Å². The van der Waals surface area contributed by atoms with E-state index in [0.717, 1.165) is 11.4 Å². The van der Waals surface area contributed by atoms with E-state index in [1.807, 2.05) is 31.2 Å². The van der Waals surface area contributed by atoms with Gasteiger partial charge >= 0.3 is 0 Å². The number of phenolic OH excluding ortho intramolecular Hbond substituents is 1. The van der Waals surface area contributed by atoms with Crippen molar-refractivity contribution in [3.8, 4) is 11.5 Å². The average molecular weight is 348 g/mol. The Kier molecular flexibility index (Phi) is 6.45. The molecule has 2 rings (SSSR count). The van der Waals surface area contributed by atoms with E-state index in [0.29, 0.717) is 17.2 Å². The summed E-state index contributed by atoms with van der Waals surface area (Å²) in [5, 5.41) is 16.9. The summed E-state index contributed by atoms with van der Waals surface area (Å²) in [6.07, 6.45) is 1.33. The minimum atomic E-state index is -0.318. The first-order chi connectivity index (χ1) is 11.6. The predicted molar refractivity (Wildman–Crippen MR) is 95.0 cm³/mol. The highest BCUT2D eigenvalue weighted by Crippen LogP contribution is 2.19. The van der Waals surface area contributed by atoms with Crippen molar-refractivity contribution in [2.24, 2.45) is 5.10 Å². The standard InChI is InChI=1S/C17H18ClN3O3/c1-2-24-15-6-4-14(5-7-15)19-11-17(23)21-20-10-12-9-13(18)3-8-16(12)22/h3-10,19,22H,2,11H2,1H3,(H,21,23)/b20-10-. The van der Waals surface area contributed by atoms with Gasteiger partial charge in [0.25, 0.3) is 5.91 Å². The maximum absolute atomic E-state index is 11.7. The molecule has 0 unspecified atom stereocenters. The van der Waals surface area contributed by atoms with Crippen LogP contribution in [-0.2, 0) is 4.79 Å². The average Bonchev–Trinajstić information content (AvgIpc) is 2.58. The second kappa shape index (κ2) is 8.79. The van der Waals surface area contributed by atoms with Gasteiger partial charge in [-0.3, -0.25) is 4.79 Å². The van der Waals surface area contributed by atoms with E-state index in [4.69, 9.17) is 16.3 Å². The molecule has 0 atom stereocenters. The third-order valence-electron chi connectivity index (χ3n) is 3.00. The molecule has 0 saturated carbocycles. The highest BCUT2D eigenvalue weighted by atomic mass is 35.5. The topological polar surface area (TPSA) is 83.0 Å². The van der Waals surface area contributed by atoms with E-state index in [1.54, 1.807) is 12.1 Å². The second-order valence-corrected chi connectivity index (χ2v) is 5.24. The molecule has 0 aliphatic carbocycles. The molecule has 0 saturated heterocycles. The molecular formula is C17H18ClN3O3. The molecule has 6 nitrogen and oxygen atoms in total. The molecule has 7 heteroatoms. The van der Waals surface area contributed by atoms with Crippen LogP contribution < -0.4 is 15.5 Å². The molecular weight excluding hydrogens is 330 g/mol. The van der Waals surface area contributed by atoms with Crippen LogP contribution in [0.1, 0.15) is 12.5 Å². The van der Waals surface area contributed by atoms with E-state index in [-0.39, 0.29) is 18.2 Å². The molecule has 0 spiro atoms. The fraction of sp³-hybridized carbons (Fsp3) is 0.176. The number of aromatic hydroxyl groups is 1. The number of hydrogen-bond donors (Lipinski definition) is 3. The summed E-state index contributed by atoms with van der Waals surface area (Å²) >= 11 is 5.83. The highest BCUT2D eigenvalue weighted by Gasteiger charge is 2.02. The van der Waals surface area contributed by atoms with Crippen LogP contribution in [0.25, 0.3) is 0 Å². The molecule has 0 fully saturated rings. The number of halogens is 1. The third-order valence-corrected chi connectivity index (χ3v) is 3.24. The Morgan fingerprint density at radius 1 is 1.29 bits per heavy atom. The Morgan fingerprint density at radius 3 is 2.75 bits per heavy atom. The summed E-state index contributed by atoms with van der Waals surface area (Å²) in [6, 6.07) is 11.9. The summed E-state index contributed by atoms with van der Waals surface area (Å²) in [4.78, 5) is 11.7. The van der Waals surface area contributed by atoms with Gasteiger partial charge < -0.3 is 15.2 Å². The first kappa shape index (κ1) is 17.6. The Bertz CT molecular complexity index is 718. The molecule has 2 aromatic rings. The number of hydrazone groups is 1. The number of benzene rings is 2. The molecule has 0 bridgehead atoms. The zero-order chi connectivity index (χ0) is 17.4. The van der Waals surface area contributed by atoms with Crippen molar-refractivity contribution in [2.75, 3.05) is 18.5 Å². The number of carbonyl (C=O) groups is 1. The Balaban J connectivity index is 1.80. The molecule has 126 valence electrons. The monoisotopic (exact) mass is 347 g/mol. The predicted octanol–water partition coefficient (Wildman–Crippen LogP) is 3.01. The maximum atomic E-state index is 11.7. The van der Waals surface area contributed by atoms with Crippen molar-refractivity contribution in [3.63, 3.8) is 0 Å². The fourth-order valence-corrected chi connectivity index (χ4v) is 2.04. The Labute approximate surface area is 145 Å². The fourth-order valence-electron chi connectivity index (χ4n) is 1.86. The van der Waals surface area contributed by atoms with E-state index in [9.17, 15) is 9.90 Å². The number of nitrogens with one attached hydrogen (secondary N) is 2. The summed E-state index contributed by atoms with van der Waals surface area (Å²) in [7, 11) is 0. The van der Waals surface area contributed by atoms with Gasteiger partial charge in [0.1, 0.15) is 11.5 Å². The van der Waals surface area contributed by atoms with Crippen LogP contribution in [0.4, 0.5) is 5.69 Å². The molecule has 0 heterocycles. The molecule has 2 aromatic carbocycles. The van der Waals surface area contributed by atoms with Crippen molar-refractivity contribution in [2.45, 2.75) is 6.92 Å². The van der Waals surface area contributed by atoms with Crippen molar-refractivity contribution < 1.29 is 14.6 Å². The van der Waals surface area contributed by atoms with Gasteiger partial charge in [-0.05, 0) is 49.4 Å². The third kappa shape index (κ3) is 5.48. The molecule has 1 amide bonds. The van der Waals surface area contributed by atoms with E-state index in [2.05, 4.69) is 15.8 Å². The van der Waals surface area contributed by atoms with E-state index >= 15 is 0 Å². The summed E-state index contributed by atoms with van der Waals surface area (Å²) in [6.45, 7) is 2.59. The van der Waals surface area contributed by atoms with Crippen LogP contribution in [0.3, 0.4) is 0 Å². The van der Waals surface area contributed by atoms with Crippen LogP contribution in [0.5, 0.6) is 11.5 Å². The number of nitrogens with zero attached hydrogens (tertiary/aromatic N) is 1. The lowest BCUT2D eigenvalue weighted by molar-refractivity contribution is -0.119. The van der Waals surface area contributed by atoms with Crippen LogP contribution in [-0.4, -0.2) is 30.4 Å².